The van der Waals surface area contributed by atoms with E-state index in [2.05, 4.69) is 9.62 Å². The fourth-order valence-corrected chi connectivity index (χ4v) is 6.95. The van der Waals surface area contributed by atoms with E-state index in [1.165, 1.54) is 81.6 Å². The third-order valence-corrected chi connectivity index (χ3v) is 9.83. The molecule has 10 heteroatoms. The predicted octanol–water partition coefficient (Wildman–Crippen LogP) is 6.55. The van der Waals surface area contributed by atoms with E-state index in [9.17, 15) is 13.6 Å². The van der Waals surface area contributed by atoms with E-state index >= 15 is 0 Å². The van der Waals surface area contributed by atoms with Crippen molar-refractivity contribution >= 4 is 35.3 Å². The predicted molar refractivity (Wildman–Crippen MR) is 157 cm³/mol. The van der Waals surface area contributed by atoms with Crippen LogP contribution in [0.15, 0.2) is 46.2 Å². The largest absolute Gasteiger partial charge is 0.395 e. The smallest absolute Gasteiger partial charge is 0.262 e. The first-order chi connectivity index (χ1) is 19.3. The molecule has 0 bridgehead atoms. The average Bonchev–Trinajstić information content (AvgIpc) is 3.76. The highest BCUT2D eigenvalue weighted by Crippen LogP contribution is 2.52. The van der Waals surface area contributed by atoms with Crippen molar-refractivity contribution < 1.29 is 18.3 Å². The van der Waals surface area contributed by atoms with Gasteiger partial charge in [0, 0.05) is 30.0 Å². The minimum atomic E-state index is -0.810. The van der Waals surface area contributed by atoms with E-state index in [0.29, 0.717) is 17.7 Å². The van der Waals surface area contributed by atoms with E-state index in [0.717, 1.165) is 42.4 Å². The molecule has 40 heavy (non-hydrogen) atoms. The zero-order valence-electron chi connectivity index (χ0n) is 23.0. The molecule has 2 aliphatic carbocycles. The summed E-state index contributed by atoms with van der Waals surface area (Å²) in [5, 5.41) is 8.91. The molecule has 2 saturated carbocycles. The number of thioether (sulfide) groups is 1. The van der Waals surface area contributed by atoms with Crippen LogP contribution in [0.3, 0.4) is 0 Å². The molecule has 2 aromatic carbocycles. The molecule has 1 amide bonds. The van der Waals surface area contributed by atoms with Gasteiger partial charge in [0.15, 0.2) is 0 Å². The van der Waals surface area contributed by atoms with Gasteiger partial charge in [-0.1, -0.05) is 19.3 Å². The number of rotatable bonds is 10. The maximum Gasteiger partial charge on any atom is 0.262 e. The summed E-state index contributed by atoms with van der Waals surface area (Å²) in [4.78, 5) is 16.6. The van der Waals surface area contributed by atoms with Gasteiger partial charge in [0.2, 0.25) is 0 Å². The molecule has 216 valence electrons. The highest BCUT2D eigenvalue weighted by Gasteiger charge is 2.51. The molecular weight excluding hydrogens is 550 g/mol. The molecule has 0 aromatic heterocycles. The number of nitrogens with two attached hydrogens (primary N) is 1. The second kappa shape index (κ2) is 14.0. The van der Waals surface area contributed by atoms with Crippen molar-refractivity contribution in [2.75, 3.05) is 38.2 Å². The molecule has 0 unspecified atom stereocenters. The summed E-state index contributed by atoms with van der Waals surface area (Å²) in [6, 6.07) is 11.3. The molecule has 3 fully saturated rings. The number of ether oxygens (including phenoxy) is 1. The summed E-state index contributed by atoms with van der Waals surface area (Å²) in [6.07, 6.45) is 9.84. The quantitative estimate of drug-likeness (QED) is 0.141. The SMILES string of the molecule is COC1(C(=O)NSc2cc(F)c(N)c(C#N)c2)CCCCC1.Fc1ccc(SCCCCN2CC3(CC3)C2)cc1. The van der Waals surface area contributed by atoms with Crippen molar-refractivity contribution in [2.24, 2.45) is 5.41 Å². The van der Waals surface area contributed by atoms with Crippen LogP contribution in [0.25, 0.3) is 0 Å². The maximum absolute atomic E-state index is 13.6. The van der Waals surface area contributed by atoms with Gasteiger partial charge in [-0.2, -0.15) is 5.26 Å². The van der Waals surface area contributed by atoms with Crippen LogP contribution < -0.4 is 10.5 Å². The summed E-state index contributed by atoms with van der Waals surface area (Å²) in [7, 11) is 1.53. The molecule has 0 atom stereocenters. The Labute approximate surface area is 244 Å². The van der Waals surface area contributed by atoms with Crippen molar-refractivity contribution in [3.8, 4) is 6.07 Å². The molecule has 1 heterocycles. The number of methoxy groups -OCH3 is 1. The van der Waals surface area contributed by atoms with Gasteiger partial charge >= 0.3 is 0 Å². The Morgan fingerprint density at radius 2 is 1.77 bits per heavy atom. The van der Waals surface area contributed by atoms with Crippen molar-refractivity contribution in [2.45, 2.75) is 73.2 Å². The zero-order chi connectivity index (χ0) is 28.6. The van der Waals surface area contributed by atoms with Crippen molar-refractivity contribution in [3.63, 3.8) is 0 Å². The number of nitriles is 1. The van der Waals surface area contributed by atoms with Crippen LogP contribution in [0.5, 0.6) is 0 Å². The number of nitrogen functional groups attached to an aromatic ring is 1. The van der Waals surface area contributed by atoms with Crippen molar-refractivity contribution in [3.05, 3.63) is 53.6 Å². The van der Waals surface area contributed by atoms with E-state index in [-0.39, 0.29) is 23.0 Å². The lowest BCUT2D eigenvalue weighted by Crippen LogP contribution is -2.48. The van der Waals surface area contributed by atoms with Gasteiger partial charge in [0.05, 0.1) is 11.3 Å². The molecule has 1 spiro atoms. The summed E-state index contributed by atoms with van der Waals surface area (Å²) >= 11 is 2.80. The Hall–Kier alpha value is -2.32. The third-order valence-electron chi connectivity index (χ3n) is 7.98. The first-order valence-electron chi connectivity index (χ1n) is 13.9. The first kappa shape index (κ1) is 30.6. The minimum absolute atomic E-state index is 0.0517. The average molecular weight is 589 g/mol. The molecule has 1 aliphatic heterocycles. The topological polar surface area (TPSA) is 91.4 Å². The number of anilines is 1. The van der Waals surface area contributed by atoms with E-state index < -0.39 is 11.4 Å². The van der Waals surface area contributed by atoms with Crippen LogP contribution >= 0.6 is 23.7 Å². The lowest BCUT2D eigenvalue weighted by molar-refractivity contribution is -0.145. The molecule has 1 saturated heterocycles. The number of likely N-dealkylation sites (tertiary alicyclic amines) is 1. The number of amides is 1. The number of nitrogens with one attached hydrogen (secondary N) is 1. The zero-order valence-corrected chi connectivity index (χ0v) is 24.7. The highest BCUT2D eigenvalue weighted by atomic mass is 32.2. The van der Waals surface area contributed by atoms with Crippen molar-refractivity contribution in [1.29, 1.82) is 5.26 Å². The first-order valence-corrected chi connectivity index (χ1v) is 15.7. The Bertz CT molecular complexity index is 1190. The highest BCUT2D eigenvalue weighted by molar-refractivity contribution is 7.99. The molecule has 0 radical (unpaired) electrons. The van der Waals surface area contributed by atoms with E-state index in [1.807, 2.05) is 30.0 Å². The summed E-state index contributed by atoms with van der Waals surface area (Å²) in [5.41, 5.74) is 5.32. The number of carbonyl (C=O) groups is 1. The Kier molecular flexibility index (Phi) is 10.7. The van der Waals surface area contributed by atoms with Gasteiger partial charge in [0.1, 0.15) is 23.3 Å². The van der Waals surface area contributed by atoms with E-state index in [1.54, 1.807) is 0 Å². The van der Waals surface area contributed by atoms with Gasteiger partial charge in [-0.3, -0.25) is 9.52 Å². The van der Waals surface area contributed by atoms with Crippen LogP contribution in [0, 0.1) is 28.4 Å². The lowest BCUT2D eigenvalue weighted by atomic mass is 9.84. The molecule has 3 aliphatic rings. The van der Waals surface area contributed by atoms with Crippen LogP contribution in [-0.2, 0) is 9.53 Å². The van der Waals surface area contributed by atoms with Crippen molar-refractivity contribution in [1.82, 2.24) is 9.62 Å². The third kappa shape index (κ3) is 8.12. The van der Waals surface area contributed by atoms with Crippen LogP contribution in [0.2, 0.25) is 0 Å². The van der Waals surface area contributed by atoms with E-state index in [4.69, 9.17) is 15.7 Å². The Morgan fingerprint density at radius 1 is 1.07 bits per heavy atom. The normalized spacial score (nSPS) is 18.6. The second-order valence-electron chi connectivity index (χ2n) is 11.0. The monoisotopic (exact) mass is 588 g/mol. The van der Waals surface area contributed by atoms with Gasteiger partial charge in [-0.15, -0.1) is 11.8 Å². The number of carbonyl (C=O) groups excluding carboxylic acids is 1. The van der Waals surface area contributed by atoms with Gasteiger partial charge in [0.25, 0.3) is 5.91 Å². The molecule has 2 aromatic rings. The number of halogens is 2. The summed E-state index contributed by atoms with van der Waals surface area (Å²) in [6.45, 7) is 3.99. The summed E-state index contributed by atoms with van der Waals surface area (Å²) < 4.78 is 34.5. The molecule has 3 N–H and O–H groups in total. The van der Waals surface area contributed by atoms with Crippen LogP contribution in [0.1, 0.15) is 63.4 Å². The molecular formula is C30H38F2N4O2S2. The number of benzene rings is 2. The number of nitrogens with zero attached hydrogens (tertiary/aromatic N) is 2. The number of hydrogen-bond acceptors (Lipinski definition) is 7. The standard InChI is InChI=1S/C15H18FN3O2S.C15H20FNS/c1-21-15(5-3-2-4-6-15)14(20)19-22-11-7-10(9-17)13(18)12(16)8-11;16-13-3-5-14(6-4-13)18-10-2-1-9-17-11-15(12-17)7-8-15/h7-8H,2-6,18H2,1H3,(H,19,20);3-6H,1-2,7-12H2. The van der Waals surface area contributed by atoms with Crippen LogP contribution in [-0.4, -0.2) is 48.9 Å². The fraction of sp³-hybridized carbons (Fsp3) is 0.533. The second-order valence-corrected chi connectivity index (χ2v) is 13.0. The maximum atomic E-state index is 13.6. The molecule has 6 nitrogen and oxygen atoms in total. The van der Waals surface area contributed by atoms with Gasteiger partial charge in [-0.05, 0) is 105 Å². The Balaban J connectivity index is 0.000000188. The Morgan fingerprint density at radius 3 is 2.40 bits per heavy atom. The van der Waals surface area contributed by atoms with Crippen LogP contribution in [0.4, 0.5) is 14.5 Å². The number of unbranched alkanes of at least 4 members (excludes halogenated alkanes) is 1. The minimum Gasteiger partial charge on any atom is -0.395 e. The van der Waals surface area contributed by atoms with Gasteiger partial charge < -0.3 is 15.4 Å². The fourth-order valence-electron chi connectivity index (χ4n) is 5.30. The van der Waals surface area contributed by atoms with Gasteiger partial charge in [-0.25, -0.2) is 8.78 Å². The molecule has 5 rings (SSSR count). The lowest BCUT2D eigenvalue weighted by Gasteiger charge is -2.40. The summed E-state index contributed by atoms with van der Waals surface area (Å²) in [5.74, 6) is 0.0986. The number of hydrogen-bond donors (Lipinski definition) is 2.